The Kier molecular flexibility index (Phi) is 4.94. The maximum Gasteiger partial charge on any atom is 0.322 e. The highest BCUT2D eigenvalue weighted by Crippen LogP contribution is 2.31. The first-order chi connectivity index (χ1) is 14.3. The number of amides is 3. The molecule has 0 saturated heterocycles. The van der Waals surface area contributed by atoms with Crippen LogP contribution in [0.5, 0.6) is 0 Å². The molecule has 1 aliphatic heterocycles. The zero-order valence-electron chi connectivity index (χ0n) is 16.9. The summed E-state index contributed by atoms with van der Waals surface area (Å²) in [7, 11) is 0. The van der Waals surface area contributed by atoms with Crippen molar-refractivity contribution in [1.29, 1.82) is 5.26 Å². The topological polar surface area (TPSA) is 103 Å². The molecule has 30 heavy (non-hydrogen) atoms. The summed E-state index contributed by atoms with van der Waals surface area (Å²) in [6.07, 6.45) is 4.63. The molecule has 1 atom stereocenters. The normalized spacial score (nSPS) is 19.3. The summed E-state index contributed by atoms with van der Waals surface area (Å²) in [5.74, 6) is -0.861. The highest BCUT2D eigenvalue weighted by atomic mass is 19.1. The number of carbonyl (C=O) groups excluding carboxylic acids is 2. The zero-order chi connectivity index (χ0) is 21.5. The number of halogens is 1. The fourth-order valence-corrected chi connectivity index (χ4v) is 3.94. The lowest BCUT2D eigenvalue weighted by molar-refractivity contribution is 0.0841. The molecule has 0 bridgehead atoms. The summed E-state index contributed by atoms with van der Waals surface area (Å²) in [5.41, 5.74) is 1.02. The Bertz CT molecular complexity index is 1050. The Labute approximate surface area is 173 Å². The molecule has 156 valence electrons. The number of nitrogens with zero attached hydrogens (tertiary/aromatic N) is 4. The molecular formula is C21H23FN6O2. The molecule has 1 aromatic heterocycles. The van der Waals surface area contributed by atoms with Crippen LogP contribution in [0.25, 0.3) is 0 Å². The SMILES string of the molecule is C[C@H]1Cn2cnc(C(=O)NC3(C)CCC3)c2CN1C(=O)Nc1ccc(F)c(C#N)c1. The molecule has 2 aliphatic rings. The van der Waals surface area contributed by atoms with Crippen LogP contribution in [0, 0.1) is 17.1 Å². The number of fused-ring (bicyclic) bond motifs is 1. The molecule has 0 unspecified atom stereocenters. The monoisotopic (exact) mass is 410 g/mol. The highest BCUT2D eigenvalue weighted by Gasteiger charge is 2.36. The Hall–Kier alpha value is -3.41. The quantitative estimate of drug-likeness (QED) is 0.812. The second-order valence-corrected chi connectivity index (χ2v) is 8.27. The molecule has 2 N–H and O–H groups in total. The van der Waals surface area contributed by atoms with Crippen LogP contribution in [0.4, 0.5) is 14.9 Å². The van der Waals surface area contributed by atoms with Crippen molar-refractivity contribution in [1.82, 2.24) is 19.8 Å². The van der Waals surface area contributed by atoms with Gasteiger partial charge < -0.3 is 20.1 Å². The fraction of sp³-hybridized carbons (Fsp3) is 0.429. The van der Waals surface area contributed by atoms with Crippen molar-refractivity contribution in [2.45, 2.75) is 57.8 Å². The van der Waals surface area contributed by atoms with Crippen molar-refractivity contribution in [3.05, 3.63) is 47.3 Å². The molecule has 0 spiro atoms. The smallest absolute Gasteiger partial charge is 0.322 e. The molecule has 8 nitrogen and oxygen atoms in total. The molecule has 1 saturated carbocycles. The van der Waals surface area contributed by atoms with E-state index in [2.05, 4.69) is 15.6 Å². The minimum Gasteiger partial charge on any atom is -0.345 e. The number of nitriles is 1. The summed E-state index contributed by atoms with van der Waals surface area (Å²) >= 11 is 0. The molecule has 2 aromatic rings. The van der Waals surface area contributed by atoms with Gasteiger partial charge in [-0.1, -0.05) is 0 Å². The number of benzene rings is 1. The maximum absolute atomic E-state index is 13.5. The first kappa shape index (κ1) is 19.9. The lowest BCUT2D eigenvalue weighted by Gasteiger charge is -2.39. The molecule has 1 aliphatic carbocycles. The molecule has 1 aromatic carbocycles. The average Bonchev–Trinajstić information content (AvgIpc) is 3.10. The van der Waals surface area contributed by atoms with Gasteiger partial charge in [-0.05, 0) is 51.3 Å². The maximum atomic E-state index is 13.5. The first-order valence-corrected chi connectivity index (χ1v) is 9.93. The van der Waals surface area contributed by atoms with E-state index in [9.17, 15) is 14.0 Å². The number of hydrogen-bond acceptors (Lipinski definition) is 4. The van der Waals surface area contributed by atoms with Gasteiger partial charge in [0.05, 0.1) is 24.1 Å². The van der Waals surface area contributed by atoms with Gasteiger partial charge in [0.2, 0.25) is 0 Å². The molecule has 4 rings (SSSR count). The van der Waals surface area contributed by atoms with Gasteiger partial charge >= 0.3 is 6.03 Å². The van der Waals surface area contributed by atoms with Crippen molar-refractivity contribution < 1.29 is 14.0 Å². The third kappa shape index (κ3) is 3.61. The van der Waals surface area contributed by atoms with E-state index in [1.165, 1.54) is 12.1 Å². The van der Waals surface area contributed by atoms with Crippen LogP contribution in [0.3, 0.4) is 0 Å². The van der Waals surface area contributed by atoms with Gasteiger partial charge in [0, 0.05) is 23.8 Å². The summed E-state index contributed by atoms with van der Waals surface area (Å²) in [5, 5.41) is 14.7. The predicted octanol–water partition coefficient (Wildman–Crippen LogP) is 3.00. The molecular weight excluding hydrogens is 387 g/mol. The van der Waals surface area contributed by atoms with E-state index in [1.54, 1.807) is 17.3 Å². The molecule has 1 fully saturated rings. The van der Waals surface area contributed by atoms with E-state index in [-0.39, 0.29) is 35.6 Å². The van der Waals surface area contributed by atoms with Gasteiger partial charge in [0.1, 0.15) is 11.9 Å². The minimum atomic E-state index is -0.637. The fourth-order valence-electron chi connectivity index (χ4n) is 3.94. The van der Waals surface area contributed by atoms with E-state index < -0.39 is 5.82 Å². The van der Waals surface area contributed by atoms with Crippen molar-refractivity contribution in [3.8, 4) is 6.07 Å². The number of aromatic nitrogens is 2. The van der Waals surface area contributed by atoms with Crippen LogP contribution in [0.2, 0.25) is 0 Å². The lowest BCUT2D eigenvalue weighted by atomic mass is 9.78. The Morgan fingerprint density at radius 2 is 2.13 bits per heavy atom. The summed E-state index contributed by atoms with van der Waals surface area (Å²) < 4.78 is 15.4. The second kappa shape index (κ2) is 7.44. The van der Waals surface area contributed by atoms with Crippen LogP contribution in [0.1, 0.15) is 54.9 Å². The van der Waals surface area contributed by atoms with E-state index in [1.807, 2.05) is 18.4 Å². The summed E-state index contributed by atoms with van der Waals surface area (Å²) in [6.45, 7) is 4.66. The van der Waals surface area contributed by atoms with Crippen molar-refractivity contribution in [2.75, 3.05) is 5.32 Å². The van der Waals surface area contributed by atoms with Crippen LogP contribution in [-0.4, -0.2) is 38.0 Å². The van der Waals surface area contributed by atoms with E-state index in [0.29, 0.717) is 23.6 Å². The van der Waals surface area contributed by atoms with Gasteiger partial charge in [-0.2, -0.15) is 5.26 Å². The third-order valence-electron chi connectivity index (χ3n) is 5.95. The van der Waals surface area contributed by atoms with Crippen molar-refractivity contribution in [2.24, 2.45) is 0 Å². The first-order valence-electron chi connectivity index (χ1n) is 9.93. The number of hydrogen-bond donors (Lipinski definition) is 2. The van der Waals surface area contributed by atoms with Crippen molar-refractivity contribution >= 4 is 17.6 Å². The Morgan fingerprint density at radius 1 is 1.37 bits per heavy atom. The van der Waals surface area contributed by atoms with Gasteiger partial charge in [0.25, 0.3) is 5.91 Å². The predicted molar refractivity (Wildman–Crippen MR) is 107 cm³/mol. The Morgan fingerprint density at radius 3 is 2.80 bits per heavy atom. The minimum absolute atomic E-state index is 0.136. The standard InChI is InChI=1S/C21H23FN6O2/c1-13-10-27-12-24-18(19(29)26-21(2)6-3-7-21)17(27)11-28(13)20(30)25-15-4-5-16(22)14(8-15)9-23/h4-5,8,12-13H,3,6-7,10-11H2,1-2H3,(H,25,30)(H,26,29)/t13-/m0/s1. The van der Waals surface area contributed by atoms with Crippen LogP contribution >= 0.6 is 0 Å². The molecule has 2 heterocycles. The number of imidazole rings is 1. The number of urea groups is 1. The van der Waals surface area contributed by atoms with E-state index in [0.717, 1.165) is 25.3 Å². The lowest BCUT2D eigenvalue weighted by Crippen LogP contribution is -2.51. The largest absolute Gasteiger partial charge is 0.345 e. The average molecular weight is 410 g/mol. The number of nitrogens with one attached hydrogen (secondary N) is 2. The number of rotatable bonds is 3. The van der Waals surface area contributed by atoms with Gasteiger partial charge in [-0.25, -0.2) is 14.2 Å². The number of carbonyl (C=O) groups is 2. The van der Waals surface area contributed by atoms with Crippen LogP contribution in [0.15, 0.2) is 24.5 Å². The zero-order valence-corrected chi connectivity index (χ0v) is 16.9. The third-order valence-corrected chi connectivity index (χ3v) is 5.95. The van der Waals surface area contributed by atoms with Gasteiger partial charge in [-0.3, -0.25) is 4.79 Å². The molecule has 9 heteroatoms. The van der Waals surface area contributed by atoms with Gasteiger partial charge in [0.15, 0.2) is 5.69 Å². The highest BCUT2D eigenvalue weighted by molar-refractivity contribution is 5.94. The van der Waals surface area contributed by atoms with E-state index in [4.69, 9.17) is 5.26 Å². The molecule has 3 amide bonds. The number of anilines is 1. The Balaban J connectivity index is 1.51. The van der Waals surface area contributed by atoms with Crippen LogP contribution < -0.4 is 10.6 Å². The summed E-state index contributed by atoms with van der Waals surface area (Å²) in [6, 6.07) is 5.09. The molecule has 0 radical (unpaired) electrons. The van der Waals surface area contributed by atoms with Crippen molar-refractivity contribution in [3.63, 3.8) is 0 Å². The van der Waals surface area contributed by atoms with Gasteiger partial charge in [-0.15, -0.1) is 0 Å². The van der Waals surface area contributed by atoms with E-state index >= 15 is 0 Å². The summed E-state index contributed by atoms with van der Waals surface area (Å²) in [4.78, 5) is 31.5. The van der Waals surface area contributed by atoms with Crippen LogP contribution in [-0.2, 0) is 13.1 Å². The second-order valence-electron chi connectivity index (χ2n) is 8.27.